The molecule has 0 aliphatic carbocycles. The third-order valence-corrected chi connectivity index (χ3v) is 2.61. The van der Waals surface area contributed by atoms with Crippen LogP contribution < -0.4 is 5.73 Å². The number of hydrogen-bond acceptors (Lipinski definition) is 2. The Morgan fingerprint density at radius 2 is 2.25 bits per heavy atom. The molecule has 0 fully saturated rings. The van der Waals surface area contributed by atoms with Crippen LogP contribution in [-0.2, 0) is 6.42 Å². The summed E-state index contributed by atoms with van der Waals surface area (Å²) in [5, 5.41) is 8.91. The summed E-state index contributed by atoms with van der Waals surface area (Å²) in [5.41, 5.74) is 6.88. The summed E-state index contributed by atoms with van der Waals surface area (Å²) >= 11 is 9.11. The molecule has 0 aromatic heterocycles. The second-order valence-electron chi connectivity index (χ2n) is 2.27. The topological polar surface area (TPSA) is 49.8 Å². The third kappa shape index (κ3) is 1.71. The molecule has 2 N–H and O–H groups in total. The predicted molar refractivity (Wildman–Crippen MR) is 52.9 cm³/mol. The zero-order chi connectivity index (χ0) is 9.14. The van der Waals surface area contributed by atoms with Crippen LogP contribution in [0.15, 0.2) is 16.6 Å². The average Bonchev–Trinajstić information content (AvgIpc) is 2.07. The molecule has 4 heteroatoms. The van der Waals surface area contributed by atoms with E-state index < -0.39 is 0 Å². The maximum absolute atomic E-state index is 8.44. The van der Waals surface area contributed by atoms with Gasteiger partial charge in [0.05, 0.1) is 23.2 Å². The van der Waals surface area contributed by atoms with Crippen molar-refractivity contribution in [3.8, 4) is 6.07 Å². The summed E-state index contributed by atoms with van der Waals surface area (Å²) in [4.78, 5) is 0. The van der Waals surface area contributed by atoms with Crippen LogP contribution in [0.2, 0.25) is 5.02 Å². The molecule has 0 saturated carbocycles. The van der Waals surface area contributed by atoms with Crippen LogP contribution in [0, 0.1) is 11.3 Å². The first kappa shape index (κ1) is 9.37. The highest BCUT2D eigenvalue weighted by atomic mass is 79.9. The maximum Gasteiger partial charge on any atom is 0.0689 e. The lowest BCUT2D eigenvalue weighted by Crippen LogP contribution is -1.92. The number of rotatable bonds is 1. The fourth-order valence-electron chi connectivity index (χ4n) is 0.836. The number of nitriles is 1. The molecule has 0 bridgehead atoms. The highest BCUT2D eigenvalue weighted by Gasteiger charge is 2.05. The fourth-order valence-corrected chi connectivity index (χ4v) is 1.51. The van der Waals surface area contributed by atoms with Crippen LogP contribution in [-0.4, -0.2) is 0 Å². The average molecular weight is 246 g/mol. The smallest absolute Gasteiger partial charge is 0.0689 e. The molecule has 62 valence electrons. The largest absolute Gasteiger partial charge is 0.397 e. The Labute approximate surface area is 84.1 Å². The van der Waals surface area contributed by atoms with Gasteiger partial charge in [-0.05, 0) is 27.6 Å². The van der Waals surface area contributed by atoms with Gasteiger partial charge in [0.15, 0.2) is 0 Å². The molecular weight excluding hydrogens is 239 g/mol. The van der Waals surface area contributed by atoms with E-state index in [2.05, 4.69) is 15.9 Å². The second-order valence-corrected chi connectivity index (χ2v) is 3.50. The number of halogens is 2. The lowest BCUT2D eigenvalue weighted by atomic mass is 10.1. The maximum atomic E-state index is 8.44. The molecule has 0 atom stereocenters. The van der Waals surface area contributed by atoms with Crippen LogP contribution in [0.3, 0.4) is 0 Å². The van der Waals surface area contributed by atoms with E-state index in [-0.39, 0.29) is 6.42 Å². The van der Waals surface area contributed by atoms with Gasteiger partial charge in [-0.1, -0.05) is 17.7 Å². The predicted octanol–water partition coefficient (Wildman–Crippen LogP) is 2.75. The minimum atomic E-state index is 0.288. The summed E-state index contributed by atoms with van der Waals surface area (Å²) in [7, 11) is 0. The Hall–Kier alpha value is -0.720. The first-order valence-electron chi connectivity index (χ1n) is 3.26. The van der Waals surface area contributed by atoms with Crippen molar-refractivity contribution in [1.29, 1.82) is 5.26 Å². The molecule has 0 radical (unpaired) electrons. The van der Waals surface area contributed by atoms with Crippen molar-refractivity contribution in [3.05, 3.63) is 27.2 Å². The monoisotopic (exact) mass is 244 g/mol. The highest BCUT2D eigenvalue weighted by molar-refractivity contribution is 9.10. The van der Waals surface area contributed by atoms with Gasteiger partial charge in [0.2, 0.25) is 0 Å². The molecule has 0 aliphatic heterocycles. The Kier molecular flexibility index (Phi) is 2.96. The van der Waals surface area contributed by atoms with E-state index in [0.29, 0.717) is 10.7 Å². The minimum Gasteiger partial charge on any atom is -0.397 e. The first-order chi connectivity index (χ1) is 5.66. The third-order valence-electron chi connectivity index (χ3n) is 1.48. The summed E-state index contributed by atoms with van der Waals surface area (Å²) < 4.78 is 0.759. The summed E-state index contributed by atoms with van der Waals surface area (Å²) in [6, 6.07) is 5.59. The van der Waals surface area contributed by atoms with Crippen LogP contribution >= 0.6 is 27.5 Å². The quantitative estimate of drug-likeness (QED) is 0.774. The van der Waals surface area contributed by atoms with Gasteiger partial charge in [0.25, 0.3) is 0 Å². The molecule has 0 saturated heterocycles. The Morgan fingerprint density at radius 3 is 2.83 bits per heavy atom. The molecule has 0 amide bonds. The number of benzene rings is 1. The van der Waals surface area contributed by atoms with Crippen molar-refractivity contribution in [2.24, 2.45) is 0 Å². The van der Waals surface area contributed by atoms with E-state index in [0.717, 1.165) is 10.0 Å². The van der Waals surface area contributed by atoms with Crippen LogP contribution in [0.5, 0.6) is 0 Å². The van der Waals surface area contributed by atoms with Gasteiger partial charge >= 0.3 is 0 Å². The zero-order valence-corrected chi connectivity index (χ0v) is 8.48. The Balaban J connectivity index is 3.19. The molecule has 1 aromatic rings. The number of hydrogen-bond donors (Lipinski definition) is 1. The van der Waals surface area contributed by atoms with Crippen LogP contribution in [0.25, 0.3) is 0 Å². The van der Waals surface area contributed by atoms with E-state index in [4.69, 9.17) is 22.6 Å². The van der Waals surface area contributed by atoms with Gasteiger partial charge in [-0.15, -0.1) is 0 Å². The van der Waals surface area contributed by atoms with Gasteiger partial charge in [0, 0.05) is 4.47 Å². The first-order valence-corrected chi connectivity index (χ1v) is 4.43. The standard InChI is InChI=1S/C8H6BrClN2/c9-6-2-1-5(3-4-11)7(10)8(6)12/h1-2H,3,12H2. The van der Waals surface area contributed by atoms with Gasteiger partial charge < -0.3 is 5.73 Å². The molecule has 0 aliphatic rings. The van der Waals surface area contributed by atoms with Gasteiger partial charge in [-0.25, -0.2) is 0 Å². The van der Waals surface area contributed by atoms with Crippen molar-refractivity contribution in [3.63, 3.8) is 0 Å². The molecule has 0 unspecified atom stereocenters. The molecule has 12 heavy (non-hydrogen) atoms. The lowest BCUT2D eigenvalue weighted by Gasteiger charge is -2.04. The molecule has 1 aromatic carbocycles. The second kappa shape index (κ2) is 3.79. The normalized spacial score (nSPS) is 9.42. The van der Waals surface area contributed by atoms with Gasteiger partial charge in [-0.2, -0.15) is 5.26 Å². The summed E-state index contributed by atoms with van der Waals surface area (Å²) in [6.45, 7) is 0. The zero-order valence-electron chi connectivity index (χ0n) is 6.14. The van der Waals surface area contributed by atoms with Crippen LogP contribution in [0.4, 0.5) is 5.69 Å². The van der Waals surface area contributed by atoms with Crippen molar-refractivity contribution < 1.29 is 0 Å². The van der Waals surface area contributed by atoms with Gasteiger partial charge in [0.1, 0.15) is 0 Å². The molecule has 2 nitrogen and oxygen atoms in total. The number of anilines is 1. The lowest BCUT2D eigenvalue weighted by molar-refractivity contribution is 1.26. The number of nitrogens with two attached hydrogens (primary N) is 1. The Bertz CT molecular complexity index is 344. The van der Waals surface area contributed by atoms with E-state index in [1.807, 2.05) is 6.07 Å². The molecular formula is C8H6BrClN2. The summed E-state index contributed by atoms with van der Waals surface area (Å²) in [6.07, 6.45) is 0.288. The molecule has 1 rings (SSSR count). The fraction of sp³-hybridized carbons (Fsp3) is 0.125. The number of nitrogen functional groups attached to an aromatic ring is 1. The highest BCUT2D eigenvalue weighted by Crippen LogP contribution is 2.30. The van der Waals surface area contributed by atoms with E-state index in [9.17, 15) is 0 Å². The van der Waals surface area contributed by atoms with Crippen molar-refractivity contribution >= 4 is 33.2 Å². The van der Waals surface area contributed by atoms with Crippen molar-refractivity contribution in [2.45, 2.75) is 6.42 Å². The van der Waals surface area contributed by atoms with E-state index in [1.54, 1.807) is 12.1 Å². The van der Waals surface area contributed by atoms with Crippen molar-refractivity contribution in [1.82, 2.24) is 0 Å². The summed E-state index contributed by atoms with van der Waals surface area (Å²) in [5.74, 6) is 0. The van der Waals surface area contributed by atoms with E-state index >= 15 is 0 Å². The van der Waals surface area contributed by atoms with Gasteiger partial charge in [-0.3, -0.25) is 0 Å². The Morgan fingerprint density at radius 1 is 1.58 bits per heavy atom. The molecule has 0 heterocycles. The number of nitrogens with zero attached hydrogens (tertiary/aromatic N) is 1. The SMILES string of the molecule is N#CCc1ccc(Br)c(N)c1Cl. The van der Waals surface area contributed by atoms with Crippen molar-refractivity contribution in [2.75, 3.05) is 5.73 Å². The van der Waals surface area contributed by atoms with Crippen LogP contribution in [0.1, 0.15) is 5.56 Å². The minimum absolute atomic E-state index is 0.288. The van der Waals surface area contributed by atoms with E-state index in [1.165, 1.54) is 0 Å². The molecule has 0 spiro atoms.